The number of benzene rings is 1. The lowest BCUT2D eigenvalue weighted by molar-refractivity contribution is -0.123. The van der Waals surface area contributed by atoms with Crippen LogP contribution in [0, 0.1) is 0 Å². The molecule has 1 aliphatic carbocycles. The second-order valence-electron chi connectivity index (χ2n) is 7.82. The monoisotopic (exact) mass is 467 g/mol. The van der Waals surface area contributed by atoms with Crippen LogP contribution in [0.1, 0.15) is 50.6 Å². The molecule has 2 fully saturated rings. The number of carbonyl (C=O) groups excluding carboxylic acids is 2. The van der Waals surface area contributed by atoms with Crippen molar-refractivity contribution >= 4 is 39.5 Å². The Labute approximate surface area is 180 Å². The number of halogens is 1. The SMILES string of the molecule is CC(=O)NC(CC(=O)NCC1(N2CCSCC2)CCCC1)c1ccc(Br)cc1. The molecule has 0 bridgehead atoms. The lowest BCUT2D eigenvalue weighted by Crippen LogP contribution is -2.56. The molecule has 1 atom stereocenters. The Hall–Kier alpha value is -1.05. The molecule has 2 amide bonds. The van der Waals surface area contributed by atoms with E-state index in [1.807, 2.05) is 36.0 Å². The predicted octanol–water partition coefficient (Wildman–Crippen LogP) is 3.49. The van der Waals surface area contributed by atoms with Gasteiger partial charge in [-0.3, -0.25) is 14.5 Å². The van der Waals surface area contributed by atoms with Crippen LogP contribution in [0.5, 0.6) is 0 Å². The van der Waals surface area contributed by atoms with E-state index in [9.17, 15) is 9.59 Å². The predicted molar refractivity (Wildman–Crippen MR) is 118 cm³/mol. The molecule has 2 aliphatic rings. The minimum Gasteiger partial charge on any atom is -0.354 e. The van der Waals surface area contributed by atoms with Crippen molar-refractivity contribution < 1.29 is 9.59 Å². The average Bonchev–Trinajstić information content (AvgIpc) is 3.17. The van der Waals surface area contributed by atoms with Gasteiger partial charge in [0.1, 0.15) is 0 Å². The highest BCUT2D eigenvalue weighted by atomic mass is 79.9. The van der Waals surface area contributed by atoms with Gasteiger partial charge in [0.15, 0.2) is 0 Å². The minimum absolute atomic E-state index is 0.000622. The molecule has 2 N–H and O–H groups in total. The molecule has 5 nitrogen and oxygen atoms in total. The van der Waals surface area contributed by atoms with Crippen LogP contribution in [0.15, 0.2) is 28.7 Å². The van der Waals surface area contributed by atoms with E-state index in [-0.39, 0.29) is 29.8 Å². The summed E-state index contributed by atoms with van der Waals surface area (Å²) < 4.78 is 0.977. The van der Waals surface area contributed by atoms with Gasteiger partial charge >= 0.3 is 0 Å². The van der Waals surface area contributed by atoms with E-state index in [0.29, 0.717) is 6.54 Å². The highest BCUT2D eigenvalue weighted by Crippen LogP contribution is 2.36. The Balaban J connectivity index is 1.61. The highest BCUT2D eigenvalue weighted by Gasteiger charge is 2.40. The topological polar surface area (TPSA) is 61.4 Å². The van der Waals surface area contributed by atoms with E-state index >= 15 is 0 Å². The van der Waals surface area contributed by atoms with Crippen LogP contribution in [0.2, 0.25) is 0 Å². The molecular weight excluding hydrogens is 438 g/mol. The van der Waals surface area contributed by atoms with Crippen molar-refractivity contribution in [1.29, 1.82) is 0 Å². The standard InChI is InChI=1S/C21H30BrN3O2S/c1-16(26)24-19(17-4-6-18(22)7-5-17)14-20(27)23-15-21(8-2-3-9-21)25-10-12-28-13-11-25/h4-7,19H,2-3,8-15H2,1H3,(H,23,27)(H,24,26). The van der Waals surface area contributed by atoms with Gasteiger partial charge in [0.05, 0.1) is 12.5 Å². The van der Waals surface area contributed by atoms with Crippen molar-refractivity contribution in [2.45, 2.75) is 50.6 Å². The molecule has 154 valence electrons. The molecule has 0 spiro atoms. The van der Waals surface area contributed by atoms with Gasteiger partial charge in [-0.25, -0.2) is 0 Å². The first-order valence-corrected chi connectivity index (χ1v) is 12.1. The Bertz CT molecular complexity index is 671. The Kier molecular flexibility index (Phi) is 7.83. The van der Waals surface area contributed by atoms with E-state index in [2.05, 4.69) is 31.5 Å². The number of carbonyl (C=O) groups is 2. The third-order valence-corrected chi connectivity index (χ3v) is 7.34. The van der Waals surface area contributed by atoms with E-state index in [0.717, 1.165) is 23.1 Å². The zero-order chi connectivity index (χ0) is 20.0. The summed E-state index contributed by atoms with van der Waals surface area (Å²) in [7, 11) is 0. The smallest absolute Gasteiger partial charge is 0.222 e. The molecule has 1 saturated carbocycles. The van der Waals surface area contributed by atoms with Crippen molar-refractivity contribution in [2.75, 3.05) is 31.1 Å². The van der Waals surface area contributed by atoms with Crippen molar-refractivity contribution in [1.82, 2.24) is 15.5 Å². The van der Waals surface area contributed by atoms with Crippen LogP contribution >= 0.6 is 27.7 Å². The number of thioether (sulfide) groups is 1. The van der Waals surface area contributed by atoms with Crippen molar-refractivity contribution in [3.8, 4) is 0 Å². The van der Waals surface area contributed by atoms with Gasteiger partial charge in [0.25, 0.3) is 0 Å². The molecule has 1 unspecified atom stereocenters. The first-order chi connectivity index (χ1) is 13.5. The van der Waals surface area contributed by atoms with Gasteiger partial charge in [0, 0.05) is 48.1 Å². The second-order valence-corrected chi connectivity index (χ2v) is 9.96. The van der Waals surface area contributed by atoms with Gasteiger partial charge in [-0.15, -0.1) is 0 Å². The first kappa shape index (κ1) is 21.7. The summed E-state index contributed by atoms with van der Waals surface area (Å²) in [5.74, 6) is 2.24. The molecule has 1 aromatic rings. The lowest BCUT2D eigenvalue weighted by atomic mass is 9.94. The first-order valence-electron chi connectivity index (χ1n) is 10.1. The largest absolute Gasteiger partial charge is 0.354 e. The van der Waals surface area contributed by atoms with Crippen molar-refractivity contribution in [3.63, 3.8) is 0 Å². The molecule has 1 aliphatic heterocycles. The molecule has 0 radical (unpaired) electrons. The van der Waals surface area contributed by atoms with Gasteiger partial charge < -0.3 is 10.6 Å². The maximum atomic E-state index is 12.8. The third kappa shape index (κ3) is 5.74. The van der Waals surface area contributed by atoms with Crippen LogP contribution in [0.25, 0.3) is 0 Å². The minimum atomic E-state index is -0.309. The summed E-state index contributed by atoms with van der Waals surface area (Å²) in [4.78, 5) is 27.0. The zero-order valence-electron chi connectivity index (χ0n) is 16.5. The van der Waals surface area contributed by atoms with Gasteiger partial charge in [0.2, 0.25) is 11.8 Å². The molecular formula is C21H30BrN3O2S. The fraction of sp³-hybridized carbons (Fsp3) is 0.619. The highest BCUT2D eigenvalue weighted by molar-refractivity contribution is 9.10. The van der Waals surface area contributed by atoms with Crippen LogP contribution in [-0.4, -0.2) is 53.4 Å². The molecule has 3 rings (SSSR count). The normalized spacial score (nSPS) is 20.5. The fourth-order valence-electron chi connectivity index (χ4n) is 4.39. The second kappa shape index (κ2) is 10.1. The zero-order valence-corrected chi connectivity index (χ0v) is 18.9. The van der Waals surface area contributed by atoms with Gasteiger partial charge in [-0.2, -0.15) is 11.8 Å². The quantitative estimate of drug-likeness (QED) is 0.643. The maximum absolute atomic E-state index is 12.8. The van der Waals surface area contributed by atoms with Gasteiger partial charge in [-0.1, -0.05) is 40.9 Å². The van der Waals surface area contributed by atoms with E-state index < -0.39 is 0 Å². The Morgan fingerprint density at radius 3 is 2.43 bits per heavy atom. The molecule has 1 saturated heterocycles. The van der Waals surface area contributed by atoms with Crippen molar-refractivity contribution in [3.05, 3.63) is 34.3 Å². The Morgan fingerprint density at radius 1 is 1.18 bits per heavy atom. The van der Waals surface area contributed by atoms with Gasteiger partial charge in [-0.05, 0) is 30.5 Å². The molecule has 28 heavy (non-hydrogen) atoms. The van der Waals surface area contributed by atoms with Crippen LogP contribution in [0.4, 0.5) is 0 Å². The van der Waals surface area contributed by atoms with Crippen molar-refractivity contribution in [2.24, 2.45) is 0 Å². The number of nitrogens with one attached hydrogen (secondary N) is 2. The van der Waals surface area contributed by atoms with Crippen LogP contribution in [0.3, 0.4) is 0 Å². The molecule has 0 aromatic heterocycles. The fourth-order valence-corrected chi connectivity index (χ4v) is 5.56. The van der Waals surface area contributed by atoms with Crippen LogP contribution < -0.4 is 10.6 Å². The number of hydrogen-bond acceptors (Lipinski definition) is 4. The summed E-state index contributed by atoms with van der Waals surface area (Å²) in [5.41, 5.74) is 1.06. The molecule has 1 heterocycles. The lowest BCUT2D eigenvalue weighted by Gasteiger charge is -2.43. The molecule has 7 heteroatoms. The summed E-state index contributed by atoms with van der Waals surface area (Å²) in [5, 5.41) is 6.12. The average molecular weight is 468 g/mol. The van der Waals surface area contributed by atoms with E-state index in [1.54, 1.807) is 0 Å². The number of rotatable bonds is 7. The number of hydrogen-bond donors (Lipinski definition) is 2. The van der Waals surface area contributed by atoms with E-state index in [4.69, 9.17) is 0 Å². The summed E-state index contributed by atoms with van der Waals surface area (Å²) in [6.07, 6.45) is 5.08. The Morgan fingerprint density at radius 2 is 1.82 bits per heavy atom. The molecule has 1 aromatic carbocycles. The number of nitrogens with zero attached hydrogens (tertiary/aromatic N) is 1. The maximum Gasteiger partial charge on any atom is 0.222 e. The van der Waals surface area contributed by atoms with Crippen LogP contribution in [-0.2, 0) is 9.59 Å². The summed E-state index contributed by atoms with van der Waals surface area (Å²) in [6, 6.07) is 7.45. The summed E-state index contributed by atoms with van der Waals surface area (Å²) >= 11 is 5.45. The summed E-state index contributed by atoms with van der Waals surface area (Å²) in [6.45, 7) is 4.44. The van der Waals surface area contributed by atoms with E-state index in [1.165, 1.54) is 44.1 Å². The third-order valence-electron chi connectivity index (χ3n) is 5.87. The number of amides is 2.